The lowest BCUT2D eigenvalue weighted by atomic mass is 9.99. The molecule has 0 saturated carbocycles. The highest BCUT2D eigenvalue weighted by Crippen LogP contribution is 2.25. The third-order valence-corrected chi connectivity index (χ3v) is 4.10. The van der Waals surface area contributed by atoms with Gasteiger partial charge >= 0.3 is 0 Å². The molecule has 1 atom stereocenters. The van der Waals surface area contributed by atoms with Crippen LogP contribution >= 0.6 is 12.4 Å². The van der Waals surface area contributed by atoms with Crippen LogP contribution in [0.25, 0.3) is 0 Å². The van der Waals surface area contributed by atoms with Crippen molar-refractivity contribution < 1.29 is 14.3 Å². The van der Waals surface area contributed by atoms with Crippen molar-refractivity contribution in [3.8, 4) is 11.5 Å². The summed E-state index contributed by atoms with van der Waals surface area (Å²) in [6, 6.07) is 5.66. The average Bonchev–Trinajstić information content (AvgIpc) is 2.58. The molecule has 2 rings (SSSR count). The predicted octanol–water partition coefficient (Wildman–Crippen LogP) is 2.17. The minimum absolute atomic E-state index is 0. The fraction of sp³-hybridized carbons (Fsp3) is 0.588. The topological polar surface area (TPSA) is 59.6 Å². The van der Waals surface area contributed by atoms with Gasteiger partial charge in [0.15, 0.2) is 0 Å². The second-order valence-electron chi connectivity index (χ2n) is 5.69. The highest BCUT2D eigenvalue weighted by Gasteiger charge is 2.14. The summed E-state index contributed by atoms with van der Waals surface area (Å²) in [6.07, 6.45) is 3.50. The highest BCUT2D eigenvalue weighted by molar-refractivity contribution is 5.85. The van der Waals surface area contributed by atoms with Crippen molar-refractivity contribution in [3.05, 3.63) is 23.8 Å². The van der Waals surface area contributed by atoms with Gasteiger partial charge < -0.3 is 20.1 Å². The van der Waals surface area contributed by atoms with Crippen LogP contribution in [0.4, 0.5) is 0 Å². The van der Waals surface area contributed by atoms with Gasteiger partial charge in [0.25, 0.3) is 0 Å². The van der Waals surface area contributed by atoms with E-state index in [2.05, 4.69) is 10.6 Å². The van der Waals surface area contributed by atoms with Gasteiger partial charge in [-0.25, -0.2) is 0 Å². The fourth-order valence-electron chi connectivity index (χ4n) is 2.77. The van der Waals surface area contributed by atoms with Crippen LogP contribution in [0, 0.1) is 5.92 Å². The molecular weight excluding hydrogens is 316 g/mol. The zero-order valence-electron chi connectivity index (χ0n) is 13.9. The monoisotopic (exact) mass is 342 g/mol. The summed E-state index contributed by atoms with van der Waals surface area (Å²) in [7, 11) is 3.28. The maximum absolute atomic E-state index is 12.0. The highest BCUT2D eigenvalue weighted by atomic mass is 35.5. The summed E-state index contributed by atoms with van der Waals surface area (Å²) in [5.74, 6) is 2.23. The number of aryl methyl sites for hydroxylation is 1. The zero-order valence-corrected chi connectivity index (χ0v) is 14.7. The Hall–Kier alpha value is -1.46. The molecule has 1 aromatic carbocycles. The van der Waals surface area contributed by atoms with Crippen molar-refractivity contribution in [1.29, 1.82) is 0 Å². The van der Waals surface area contributed by atoms with Gasteiger partial charge in [0.1, 0.15) is 11.5 Å². The third-order valence-electron chi connectivity index (χ3n) is 4.10. The van der Waals surface area contributed by atoms with E-state index in [1.54, 1.807) is 14.2 Å². The predicted molar refractivity (Wildman–Crippen MR) is 93.7 cm³/mol. The van der Waals surface area contributed by atoms with Crippen LogP contribution in [0.1, 0.15) is 24.8 Å². The first-order valence-corrected chi connectivity index (χ1v) is 7.91. The summed E-state index contributed by atoms with van der Waals surface area (Å²) in [5, 5.41) is 6.40. The summed E-state index contributed by atoms with van der Waals surface area (Å²) < 4.78 is 10.6. The normalized spacial score (nSPS) is 17.0. The molecular formula is C17H27ClN2O3. The molecule has 0 bridgehead atoms. The quantitative estimate of drug-likeness (QED) is 0.797. The minimum Gasteiger partial charge on any atom is -0.497 e. The summed E-state index contributed by atoms with van der Waals surface area (Å²) in [4.78, 5) is 12.0. The third kappa shape index (κ3) is 6.28. The van der Waals surface area contributed by atoms with Gasteiger partial charge in [-0.15, -0.1) is 12.4 Å². The van der Waals surface area contributed by atoms with E-state index in [1.807, 2.05) is 18.2 Å². The van der Waals surface area contributed by atoms with Crippen LogP contribution in [0.15, 0.2) is 18.2 Å². The van der Waals surface area contributed by atoms with Gasteiger partial charge in [-0.2, -0.15) is 0 Å². The molecule has 6 heteroatoms. The Morgan fingerprint density at radius 3 is 2.83 bits per heavy atom. The number of piperidine rings is 1. The second kappa shape index (κ2) is 10.3. The van der Waals surface area contributed by atoms with E-state index in [0.29, 0.717) is 18.8 Å². The van der Waals surface area contributed by atoms with E-state index in [1.165, 1.54) is 12.8 Å². The lowest BCUT2D eigenvalue weighted by Crippen LogP contribution is -2.38. The Morgan fingerprint density at radius 1 is 1.35 bits per heavy atom. The van der Waals surface area contributed by atoms with E-state index in [9.17, 15) is 4.79 Å². The smallest absolute Gasteiger partial charge is 0.220 e. The molecule has 1 aliphatic heterocycles. The molecule has 2 N–H and O–H groups in total. The fourth-order valence-corrected chi connectivity index (χ4v) is 2.77. The first-order chi connectivity index (χ1) is 10.7. The maximum Gasteiger partial charge on any atom is 0.220 e. The van der Waals surface area contributed by atoms with Gasteiger partial charge in [-0.1, -0.05) is 0 Å². The Labute approximate surface area is 144 Å². The molecule has 1 heterocycles. The van der Waals surface area contributed by atoms with Gasteiger partial charge in [0.2, 0.25) is 5.91 Å². The van der Waals surface area contributed by atoms with Crippen LogP contribution in [-0.2, 0) is 11.2 Å². The van der Waals surface area contributed by atoms with Gasteiger partial charge in [0, 0.05) is 13.0 Å². The van der Waals surface area contributed by atoms with Gasteiger partial charge in [0.05, 0.1) is 14.2 Å². The van der Waals surface area contributed by atoms with E-state index < -0.39 is 0 Å². The van der Waals surface area contributed by atoms with Crippen molar-refractivity contribution >= 4 is 18.3 Å². The number of hydrogen-bond donors (Lipinski definition) is 2. The molecule has 1 aromatic rings. The molecule has 23 heavy (non-hydrogen) atoms. The standard InChI is InChI=1S/C17H26N2O3.ClH/c1-21-15-6-7-16(22-2)14(10-15)5-8-17(20)19-12-13-4-3-9-18-11-13;/h6-7,10,13,18H,3-5,8-9,11-12H2,1-2H3,(H,19,20);1H. The number of halogens is 1. The largest absolute Gasteiger partial charge is 0.497 e. The first kappa shape index (κ1) is 19.6. The van der Waals surface area contributed by atoms with Gasteiger partial charge in [-0.3, -0.25) is 4.79 Å². The van der Waals surface area contributed by atoms with E-state index >= 15 is 0 Å². The van der Waals surface area contributed by atoms with Crippen LogP contribution in [0.5, 0.6) is 11.5 Å². The van der Waals surface area contributed by atoms with Crippen molar-refractivity contribution in [3.63, 3.8) is 0 Å². The number of hydrogen-bond acceptors (Lipinski definition) is 4. The summed E-state index contributed by atoms with van der Waals surface area (Å²) in [6.45, 7) is 2.87. The van der Waals surface area contributed by atoms with E-state index in [0.717, 1.165) is 36.7 Å². The van der Waals surface area contributed by atoms with Crippen molar-refractivity contribution in [1.82, 2.24) is 10.6 Å². The number of carbonyl (C=O) groups is 1. The Balaban J connectivity index is 0.00000264. The molecule has 0 aliphatic carbocycles. The molecule has 5 nitrogen and oxygen atoms in total. The SMILES string of the molecule is COc1ccc(OC)c(CCC(=O)NCC2CCCNC2)c1.Cl. The van der Waals surface area contributed by atoms with E-state index in [4.69, 9.17) is 9.47 Å². The molecule has 0 radical (unpaired) electrons. The molecule has 1 amide bonds. The molecule has 1 saturated heterocycles. The maximum atomic E-state index is 12.0. The van der Waals surface area contributed by atoms with Crippen LogP contribution in [-0.4, -0.2) is 39.8 Å². The summed E-state index contributed by atoms with van der Waals surface area (Å²) in [5.41, 5.74) is 0.997. The molecule has 130 valence electrons. The first-order valence-electron chi connectivity index (χ1n) is 7.91. The molecule has 1 aliphatic rings. The molecule has 1 fully saturated rings. The Kier molecular flexibility index (Phi) is 8.81. The Morgan fingerprint density at radius 2 is 2.17 bits per heavy atom. The number of nitrogens with one attached hydrogen (secondary N) is 2. The summed E-state index contributed by atoms with van der Waals surface area (Å²) >= 11 is 0. The molecule has 0 spiro atoms. The molecule has 1 unspecified atom stereocenters. The van der Waals surface area contributed by atoms with Crippen LogP contribution < -0.4 is 20.1 Å². The molecule has 0 aromatic heterocycles. The van der Waals surface area contributed by atoms with Crippen LogP contribution in [0.3, 0.4) is 0 Å². The lowest BCUT2D eigenvalue weighted by molar-refractivity contribution is -0.121. The van der Waals surface area contributed by atoms with Gasteiger partial charge in [-0.05, 0) is 62.0 Å². The zero-order chi connectivity index (χ0) is 15.8. The number of carbonyl (C=O) groups excluding carboxylic acids is 1. The lowest BCUT2D eigenvalue weighted by Gasteiger charge is -2.22. The number of benzene rings is 1. The number of amides is 1. The Bertz CT molecular complexity index is 491. The minimum atomic E-state index is 0. The van der Waals surface area contributed by atoms with Crippen molar-refractivity contribution in [2.24, 2.45) is 5.92 Å². The van der Waals surface area contributed by atoms with Crippen molar-refractivity contribution in [2.75, 3.05) is 33.9 Å². The van der Waals surface area contributed by atoms with Crippen LogP contribution in [0.2, 0.25) is 0 Å². The second-order valence-corrected chi connectivity index (χ2v) is 5.69. The number of ether oxygens (including phenoxy) is 2. The van der Waals surface area contributed by atoms with E-state index in [-0.39, 0.29) is 18.3 Å². The average molecular weight is 343 g/mol. The number of rotatable bonds is 7. The number of methoxy groups -OCH3 is 2. The van der Waals surface area contributed by atoms with Crippen molar-refractivity contribution in [2.45, 2.75) is 25.7 Å².